The van der Waals surface area contributed by atoms with Crippen molar-refractivity contribution >= 4 is 57.1 Å². The largest absolute Gasteiger partial charge is 0.459 e. The van der Waals surface area contributed by atoms with Gasteiger partial charge in [-0.2, -0.15) is 0 Å². The van der Waals surface area contributed by atoms with Crippen LogP contribution in [-0.2, 0) is 5.75 Å². The van der Waals surface area contributed by atoms with E-state index in [1.54, 1.807) is 53.4 Å². The molecule has 0 spiro atoms. The van der Waals surface area contributed by atoms with Gasteiger partial charge in [0.2, 0.25) is 5.13 Å². The molecule has 0 aliphatic rings. The van der Waals surface area contributed by atoms with Gasteiger partial charge in [-0.1, -0.05) is 35.2 Å². The summed E-state index contributed by atoms with van der Waals surface area (Å²) in [5.74, 6) is 0.314. The Bertz CT molecular complexity index is 1150. The molecular weight excluding hydrogens is 440 g/mol. The van der Waals surface area contributed by atoms with Gasteiger partial charge in [0.25, 0.3) is 11.8 Å². The summed E-state index contributed by atoms with van der Waals surface area (Å²) < 4.78 is 5.89. The van der Waals surface area contributed by atoms with E-state index >= 15 is 0 Å². The number of hydrogen-bond acceptors (Lipinski definition) is 8. The smallest absolute Gasteiger partial charge is 0.291 e. The van der Waals surface area contributed by atoms with Crippen LogP contribution in [0, 0.1) is 6.92 Å². The van der Waals surface area contributed by atoms with Crippen molar-refractivity contribution in [2.45, 2.75) is 17.0 Å². The molecule has 0 unspecified atom stereocenters. The fourth-order valence-corrected chi connectivity index (χ4v) is 5.03. The average Bonchev–Trinajstić information content (AvgIpc) is 3.50. The van der Waals surface area contributed by atoms with Gasteiger partial charge in [0.05, 0.1) is 6.26 Å². The fourth-order valence-electron chi connectivity index (χ4n) is 2.51. The standard InChI is InChI=1S/C20H16N4O3S3/c1-12-6-7-13(10-15(12)21-18(26)16-5-2-8-27-16)17(25)22-19-23-24-20(30-19)29-11-14-4-3-9-28-14/h2-10H,11H2,1H3,(H,21,26)(H,22,23,25). The number of aromatic nitrogens is 2. The Balaban J connectivity index is 1.40. The third kappa shape index (κ3) is 4.96. The van der Waals surface area contributed by atoms with Crippen LogP contribution in [0.3, 0.4) is 0 Å². The van der Waals surface area contributed by atoms with Crippen molar-refractivity contribution in [3.05, 3.63) is 75.9 Å². The molecule has 30 heavy (non-hydrogen) atoms. The summed E-state index contributed by atoms with van der Waals surface area (Å²) in [7, 11) is 0. The van der Waals surface area contributed by atoms with E-state index in [9.17, 15) is 9.59 Å². The Kier molecular flexibility index (Phi) is 6.26. The molecule has 7 nitrogen and oxygen atoms in total. The van der Waals surface area contributed by atoms with Crippen LogP contribution < -0.4 is 10.6 Å². The molecule has 0 aliphatic carbocycles. The van der Waals surface area contributed by atoms with Gasteiger partial charge in [-0.3, -0.25) is 14.9 Å². The Morgan fingerprint density at radius 2 is 2.00 bits per heavy atom. The minimum Gasteiger partial charge on any atom is -0.459 e. The predicted molar refractivity (Wildman–Crippen MR) is 120 cm³/mol. The third-order valence-electron chi connectivity index (χ3n) is 4.04. The van der Waals surface area contributed by atoms with E-state index < -0.39 is 0 Å². The summed E-state index contributed by atoms with van der Waals surface area (Å²) in [5, 5.41) is 16.1. The van der Waals surface area contributed by atoms with Gasteiger partial charge in [0.15, 0.2) is 10.1 Å². The molecule has 4 aromatic rings. The number of hydrogen-bond donors (Lipinski definition) is 2. The molecule has 0 radical (unpaired) electrons. The topological polar surface area (TPSA) is 97.1 Å². The number of nitrogens with one attached hydrogen (secondary N) is 2. The summed E-state index contributed by atoms with van der Waals surface area (Å²) in [6, 6.07) is 12.4. The number of rotatable bonds is 7. The maximum absolute atomic E-state index is 12.6. The first kappa shape index (κ1) is 20.3. The number of nitrogens with zero attached hydrogens (tertiary/aromatic N) is 2. The lowest BCUT2D eigenvalue weighted by molar-refractivity contribution is 0.0993. The van der Waals surface area contributed by atoms with Crippen molar-refractivity contribution in [3.8, 4) is 0 Å². The van der Waals surface area contributed by atoms with Crippen molar-refractivity contribution in [2.75, 3.05) is 10.6 Å². The Morgan fingerprint density at radius 1 is 1.10 bits per heavy atom. The van der Waals surface area contributed by atoms with Crippen molar-refractivity contribution in [1.29, 1.82) is 0 Å². The van der Waals surface area contributed by atoms with Gasteiger partial charge in [-0.25, -0.2) is 0 Å². The summed E-state index contributed by atoms with van der Waals surface area (Å²) >= 11 is 4.60. The number of benzene rings is 1. The quantitative estimate of drug-likeness (QED) is 0.289. The van der Waals surface area contributed by atoms with Crippen molar-refractivity contribution in [2.24, 2.45) is 0 Å². The highest BCUT2D eigenvalue weighted by atomic mass is 32.2. The van der Waals surface area contributed by atoms with E-state index in [0.717, 1.165) is 15.7 Å². The monoisotopic (exact) mass is 456 g/mol. The average molecular weight is 457 g/mol. The molecular formula is C20H16N4O3S3. The first-order valence-corrected chi connectivity index (χ1v) is 11.5. The molecule has 0 saturated carbocycles. The van der Waals surface area contributed by atoms with Crippen molar-refractivity contribution in [3.63, 3.8) is 0 Å². The van der Waals surface area contributed by atoms with E-state index in [-0.39, 0.29) is 17.6 Å². The second-order valence-electron chi connectivity index (χ2n) is 6.16. The van der Waals surface area contributed by atoms with Gasteiger partial charge in [0, 0.05) is 21.9 Å². The second-order valence-corrected chi connectivity index (χ2v) is 9.39. The van der Waals surface area contributed by atoms with Crippen LogP contribution >= 0.6 is 34.4 Å². The first-order valence-electron chi connectivity index (χ1n) is 8.84. The van der Waals surface area contributed by atoms with Crippen LogP contribution in [0.1, 0.15) is 31.4 Å². The summed E-state index contributed by atoms with van der Waals surface area (Å²) in [4.78, 5) is 26.1. The number of carbonyl (C=O) groups excluding carboxylic acids is 2. The number of carbonyl (C=O) groups is 2. The number of furan rings is 1. The molecule has 0 bridgehead atoms. The number of anilines is 2. The zero-order chi connectivity index (χ0) is 20.9. The minimum absolute atomic E-state index is 0.200. The zero-order valence-corrected chi connectivity index (χ0v) is 18.2. The van der Waals surface area contributed by atoms with E-state index in [1.165, 1.54) is 22.5 Å². The Labute approximate surface area is 184 Å². The molecule has 0 atom stereocenters. The maximum atomic E-state index is 12.6. The van der Waals surface area contributed by atoms with E-state index in [1.807, 2.05) is 18.4 Å². The molecule has 10 heteroatoms. The van der Waals surface area contributed by atoms with Crippen LogP contribution in [0.2, 0.25) is 0 Å². The lowest BCUT2D eigenvalue weighted by Gasteiger charge is -2.09. The zero-order valence-electron chi connectivity index (χ0n) is 15.7. The summed E-state index contributed by atoms with van der Waals surface area (Å²) in [6.45, 7) is 1.85. The molecule has 4 rings (SSSR count). The molecule has 1 aromatic carbocycles. The van der Waals surface area contributed by atoms with Gasteiger partial charge in [-0.05, 0) is 48.2 Å². The van der Waals surface area contributed by atoms with Crippen LogP contribution in [0.5, 0.6) is 0 Å². The van der Waals surface area contributed by atoms with E-state index in [4.69, 9.17) is 4.42 Å². The highest BCUT2D eigenvalue weighted by Gasteiger charge is 2.15. The van der Waals surface area contributed by atoms with E-state index in [0.29, 0.717) is 16.4 Å². The normalized spacial score (nSPS) is 10.7. The van der Waals surface area contributed by atoms with Crippen molar-refractivity contribution in [1.82, 2.24) is 10.2 Å². The lowest BCUT2D eigenvalue weighted by atomic mass is 10.1. The SMILES string of the molecule is Cc1ccc(C(=O)Nc2nnc(SCc3cccs3)s2)cc1NC(=O)c1ccco1. The van der Waals surface area contributed by atoms with Gasteiger partial charge in [0.1, 0.15) is 0 Å². The first-order chi connectivity index (χ1) is 14.6. The molecule has 152 valence electrons. The molecule has 2 N–H and O–H groups in total. The van der Waals surface area contributed by atoms with Crippen LogP contribution in [-0.4, -0.2) is 22.0 Å². The Hall–Kier alpha value is -2.95. The van der Waals surface area contributed by atoms with Gasteiger partial charge in [-0.15, -0.1) is 21.5 Å². The number of thiophene rings is 1. The minimum atomic E-state index is -0.378. The predicted octanol–water partition coefficient (Wildman–Crippen LogP) is 5.30. The highest BCUT2D eigenvalue weighted by molar-refractivity contribution is 8.00. The maximum Gasteiger partial charge on any atom is 0.291 e. The highest BCUT2D eigenvalue weighted by Crippen LogP contribution is 2.30. The Morgan fingerprint density at radius 3 is 2.77 bits per heavy atom. The number of thioether (sulfide) groups is 1. The molecule has 3 heterocycles. The van der Waals surface area contributed by atoms with Crippen molar-refractivity contribution < 1.29 is 14.0 Å². The number of amides is 2. The van der Waals surface area contributed by atoms with Crippen LogP contribution in [0.4, 0.5) is 10.8 Å². The van der Waals surface area contributed by atoms with Crippen LogP contribution in [0.25, 0.3) is 0 Å². The molecule has 0 saturated heterocycles. The van der Waals surface area contributed by atoms with E-state index in [2.05, 4.69) is 26.9 Å². The molecule has 3 aromatic heterocycles. The summed E-state index contributed by atoms with van der Waals surface area (Å²) in [6.07, 6.45) is 1.43. The fraction of sp³-hybridized carbons (Fsp3) is 0.100. The lowest BCUT2D eigenvalue weighted by Crippen LogP contribution is -2.15. The number of aryl methyl sites for hydroxylation is 1. The molecule has 0 fully saturated rings. The summed E-state index contributed by atoms with van der Waals surface area (Å²) in [5.41, 5.74) is 1.77. The van der Waals surface area contributed by atoms with Gasteiger partial charge < -0.3 is 9.73 Å². The molecule has 0 aliphatic heterocycles. The van der Waals surface area contributed by atoms with Crippen LogP contribution in [0.15, 0.2) is 62.9 Å². The second kappa shape index (κ2) is 9.24. The third-order valence-corrected chi connectivity index (χ3v) is 7.12. The molecule has 2 amide bonds. The van der Waals surface area contributed by atoms with Gasteiger partial charge >= 0.3 is 0 Å².